The van der Waals surface area contributed by atoms with Crippen LogP contribution in [0.2, 0.25) is 5.02 Å². The SMILES string of the molecule is CC(=O)C1(c2cccc(Cl)c2)Cc2ccccc2C1. The van der Waals surface area contributed by atoms with Crippen molar-refractivity contribution in [2.45, 2.75) is 25.2 Å². The Bertz CT molecular complexity index is 620. The third kappa shape index (κ3) is 1.98. The minimum atomic E-state index is -0.436. The summed E-state index contributed by atoms with van der Waals surface area (Å²) in [5.41, 5.74) is 3.15. The van der Waals surface area contributed by atoms with Crippen LogP contribution in [-0.2, 0) is 23.1 Å². The Balaban J connectivity index is 2.12. The lowest BCUT2D eigenvalue weighted by Gasteiger charge is -2.26. The monoisotopic (exact) mass is 270 g/mol. The Morgan fingerprint density at radius 2 is 1.68 bits per heavy atom. The van der Waals surface area contributed by atoms with Gasteiger partial charge in [0.1, 0.15) is 5.78 Å². The standard InChI is InChI=1S/C17H15ClO/c1-12(19)17(15-7-4-8-16(18)9-15)10-13-5-2-3-6-14(13)11-17/h2-9H,10-11H2,1H3. The molecule has 1 aliphatic rings. The van der Waals surface area contributed by atoms with E-state index in [0.717, 1.165) is 18.4 Å². The van der Waals surface area contributed by atoms with Gasteiger partial charge in [-0.05, 0) is 48.6 Å². The van der Waals surface area contributed by atoms with Crippen LogP contribution in [0.25, 0.3) is 0 Å². The third-order valence-corrected chi connectivity index (χ3v) is 4.39. The summed E-state index contributed by atoms with van der Waals surface area (Å²) in [6.45, 7) is 1.69. The predicted molar refractivity (Wildman–Crippen MR) is 77.7 cm³/mol. The second-order valence-electron chi connectivity index (χ2n) is 5.27. The molecule has 0 radical (unpaired) electrons. The first-order valence-electron chi connectivity index (χ1n) is 6.46. The summed E-state index contributed by atoms with van der Waals surface area (Å²) >= 11 is 6.09. The van der Waals surface area contributed by atoms with Crippen LogP contribution < -0.4 is 0 Å². The fourth-order valence-electron chi connectivity index (χ4n) is 3.06. The smallest absolute Gasteiger partial charge is 0.141 e. The molecule has 0 atom stereocenters. The second-order valence-corrected chi connectivity index (χ2v) is 5.71. The number of carbonyl (C=O) groups excluding carboxylic acids is 1. The highest BCUT2D eigenvalue weighted by molar-refractivity contribution is 6.30. The van der Waals surface area contributed by atoms with Gasteiger partial charge >= 0.3 is 0 Å². The minimum absolute atomic E-state index is 0.214. The number of ketones is 1. The molecule has 0 unspecified atom stereocenters. The number of hydrogen-bond acceptors (Lipinski definition) is 1. The summed E-state index contributed by atoms with van der Waals surface area (Å²) < 4.78 is 0. The van der Waals surface area contributed by atoms with Crippen LogP contribution in [0.4, 0.5) is 0 Å². The quantitative estimate of drug-likeness (QED) is 0.807. The summed E-state index contributed by atoms with van der Waals surface area (Å²) in [7, 11) is 0. The first kappa shape index (κ1) is 12.4. The lowest BCUT2D eigenvalue weighted by molar-refractivity contribution is -0.122. The van der Waals surface area contributed by atoms with Crippen LogP contribution in [0.15, 0.2) is 48.5 Å². The van der Waals surface area contributed by atoms with Crippen molar-refractivity contribution in [2.24, 2.45) is 0 Å². The molecule has 0 fully saturated rings. The van der Waals surface area contributed by atoms with Crippen molar-refractivity contribution >= 4 is 17.4 Å². The van der Waals surface area contributed by atoms with Gasteiger partial charge in [-0.25, -0.2) is 0 Å². The molecule has 0 aromatic heterocycles. The molecule has 2 aromatic rings. The number of halogens is 1. The number of benzene rings is 2. The van der Waals surface area contributed by atoms with Crippen LogP contribution in [0.5, 0.6) is 0 Å². The maximum Gasteiger partial charge on any atom is 0.141 e. The molecule has 19 heavy (non-hydrogen) atoms. The molecular formula is C17H15ClO. The first-order chi connectivity index (χ1) is 9.12. The van der Waals surface area contributed by atoms with E-state index in [4.69, 9.17) is 11.6 Å². The van der Waals surface area contributed by atoms with Crippen molar-refractivity contribution in [1.82, 2.24) is 0 Å². The fraction of sp³-hybridized carbons (Fsp3) is 0.235. The number of hydrogen-bond donors (Lipinski definition) is 0. The van der Waals surface area contributed by atoms with Crippen molar-refractivity contribution < 1.29 is 4.79 Å². The Labute approximate surface area is 118 Å². The molecule has 1 aliphatic carbocycles. The van der Waals surface area contributed by atoms with E-state index >= 15 is 0 Å². The van der Waals surface area contributed by atoms with Crippen LogP contribution in [0.3, 0.4) is 0 Å². The number of rotatable bonds is 2. The van der Waals surface area contributed by atoms with Gasteiger partial charge in [0.05, 0.1) is 5.41 Å². The van der Waals surface area contributed by atoms with Gasteiger partial charge in [-0.2, -0.15) is 0 Å². The molecule has 0 bridgehead atoms. The number of Topliss-reactive ketones (excluding diaryl/α,β-unsaturated/α-hetero) is 1. The fourth-order valence-corrected chi connectivity index (χ4v) is 3.25. The summed E-state index contributed by atoms with van der Waals surface area (Å²) in [5.74, 6) is 0.214. The van der Waals surface area contributed by atoms with Gasteiger partial charge in [-0.3, -0.25) is 4.79 Å². The largest absolute Gasteiger partial charge is 0.299 e. The van der Waals surface area contributed by atoms with Crippen LogP contribution in [0, 0.1) is 0 Å². The highest BCUT2D eigenvalue weighted by atomic mass is 35.5. The summed E-state index contributed by atoms with van der Waals surface area (Å²) in [6, 6.07) is 16.0. The van der Waals surface area contributed by atoms with Gasteiger partial charge < -0.3 is 0 Å². The number of carbonyl (C=O) groups is 1. The van der Waals surface area contributed by atoms with Gasteiger partial charge in [0.15, 0.2) is 0 Å². The van der Waals surface area contributed by atoms with Gasteiger partial charge in [0, 0.05) is 5.02 Å². The van der Waals surface area contributed by atoms with Gasteiger partial charge in [-0.15, -0.1) is 0 Å². The van der Waals surface area contributed by atoms with E-state index in [-0.39, 0.29) is 5.78 Å². The Hall–Kier alpha value is -1.60. The minimum Gasteiger partial charge on any atom is -0.299 e. The van der Waals surface area contributed by atoms with E-state index in [0.29, 0.717) is 5.02 Å². The van der Waals surface area contributed by atoms with E-state index in [1.165, 1.54) is 11.1 Å². The molecule has 0 amide bonds. The number of fused-ring (bicyclic) bond motifs is 1. The predicted octanol–water partition coefficient (Wildman–Crippen LogP) is 3.97. The van der Waals surface area contributed by atoms with Crippen LogP contribution in [-0.4, -0.2) is 5.78 Å². The highest BCUT2D eigenvalue weighted by Crippen LogP contribution is 2.41. The van der Waals surface area contributed by atoms with E-state index in [9.17, 15) is 4.79 Å². The van der Waals surface area contributed by atoms with Crippen molar-refractivity contribution in [3.05, 3.63) is 70.2 Å². The maximum absolute atomic E-state index is 12.3. The van der Waals surface area contributed by atoms with Crippen molar-refractivity contribution in [3.63, 3.8) is 0 Å². The van der Waals surface area contributed by atoms with Gasteiger partial charge in [0.2, 0.25) is 0 Å². The van der Waals surface area contributed by atoms with Crippen LogP contribution >= 0.6 is 11.6 Å². The third-order valence-electron chi connectivity index (χ3n) is 4.15. The molecule has 96 valence electrons. The second kappa shape index (κ2) is 4.50. The average Bonchev–Trinajstić information content (AvgIpc) is 2.79. The first-order valence-corrected chi connectivity index (χ1v) is 6.83. The van der Waals surface area contributed by atoms with E-state index in [1.54, 1.807) is 6.92 Å². The molecule has 2 aromatic carbocycles. The summed E-state index contributed by atoms with van der Waals surface area (Å²) in [6.07, 6.45) is 1.55. The summed E-state index contributed by atoms with van der Waals surface area (Å²) in [4.78, 5) is 12.3. The molecule has 0 heterocycles. The molecule has 0 aliphatic heterocycles. The molecular weight excluding hydrogens is 256 g/mol. The molecule has 0 saturated carbocycles. The average molecular weight is 271 g/mol. The zero-order chi connectivity index (χ0) is 13.5. The Kier molecular flexibility index (Phi) is 2.94. The van der Waals surface area contributed by atoms with Crippen molar-refractivity contribution in [1.29, 1.82) is 0 Å². The highest BCUT2D eigenvalue weighted by Gasteiger charge is 2.42. The normalized spacial score (nSPS) is 16.1. The topological polar surface area (TPSA) is 17.1 Å². The molecule has 2 heteroatoms. The lowest BCUT2D eigenvalue weighted by atomic mass is 9.75. The maximum atomic E-state index is 12.3. The molecule has 0 N–H and O–H groups in total. The molecule has 1 nitrogen and oxygen atoms in total. The zero-order valence-electron chi connectivity index (χ0n) is 10.8. The summed E-state index contributed by atoms with van der Waals surface area (Å²) in [5, 5.41) is 0.689. The van der Waals surface area contributed by atoms with Crippen molar-refractivity contribution in [3.8, 4) is 0 Å². The lowest BCUT2D eigenvalue weighted by Crippen LogP contribution is -2.35. The van der Waals surface area contributed by atoms with E-state index in [1.807, 2.05) is 36.4 Å². The van der Waals surface area contributed by atoms with E-state index < -0.39 is 5.41 Å². The van der Waals surface area contributed by atoms with Crippen LogP contribution in [0.1, 0.15) is 23.6 Å². The zero-order valence-corrected chi connectivity index (χ0v) is 11.6. The molecule has 0 saturated heterocycles. The van der Waals surface area contributed by atoms with Gasteiger partial charge in [-0.1, -0.05) is 48.0 Å². The van der Waals surface area contributed by atoms with Gasteiger partial charge in [0.25, 0.3) is 0 Å². The Morgan fingerprint density at radius 1 is 1.05 bits per heavy atom. The molecule has 3 rings (SSSR count). The Morgan fingerprint density at radius 3 is 2.21 bits per heavy atom. The van der Waals surface area contributed by atoms with E-state index in [2.05, 4.69) is 12.1 Å². The van der Waals surface area contributed by atoms with Crippen molar-refractivity contribution in [2.75, 3.05) is 0 Å². The molecule has 0 spiro atoms.